The first kappa shape index (κ1) is 24.5. The fraction of sp³-hybridized carbons (Fsp3) is 0.357. The summed E-state index contributed by atoms with van der Waals surface area (Å²) in [4.78, 5) is 30.9. The molecule has 0 aliphatic heterocycles. The lowest BCUT2D eigenvalue weighted by atomic mass is 9.95. The van der Waals surface area contributed by atoms with Crippen molar-refractivity contribution in [3.63, 3.8) is 0 Å². The molecule has 2 N–H and O–H groups in total. The van der Waals surface area contributed by atoms with Gasteiger partial charge in [-0.15, -0.1) is 0 Å². The molecule has 0 fully saturated rings. The topological polar surface area (TPSA) is 111 Å². The molecular weight excluding hydrogens is 464 g/mol. The molecule has 3 aromatic heterocycles. The van der Waals surface area contributed by atoms with E-state index in [9.17, 15) is 4.79 Å². The molecule has 1 aromatic carbocycles. The second-order valence-electron chi connectivity index (χ2n) is 10.5. The lowest BCUT2D eigenvalue weighted by molar-refractivity contribution is 0.0933. The van der Waals surface area contributed by atoms with Crippen molar-refractivity contribution in [2.75, 3.05) is 5.32 Å². The Balaban J connectivity index is 1.35. The second kappa shape index (κ2) is 10.1. The van der Waals surface area contributed by atoms with Crippen molar-refractivity contribution >= 4 is 17.5 Å². The van der Waals surface area contributed by atoms with Gasteiger partial charge < -0.3 is 10.6 Å². The van der Waals surface area contributed by atoms with Crippen LogP contribution in [-0.4, -0.2) is 35.6 Å². The lowest BCUT2D eigenvalue weighted by Crippen LogP contribution is -2.29. The minimum absolute atomic E-state index is 0.0606. The van der Waals surface area contributed by atoms with Crippen molar-refractivity contribution in [1.29, 1.82) is 0 Å². The highest BCUT2D eigenvalue weighted by Gasteiger charge is 2.23. The third-order valence-corrected chi connectivity index (χ3v) is 6.51. The van der Waals surface area contributed by atoms with Gasteiger partial charge in [-0.25, -0.2) is 19.9 Å². The molecule has 1 aliphatic carbocycles. The molecule has 1 aliphatic rings. The summed E-state index contributed by atoms with van der Waals surface area (Å²) >= 11 is 0. The van der Waals surface area contributed by atoms with E-state index in [-0.39, 0.29) is 17.4 Å². The molecule has 0 bridgehead atoms. The normalized spacial score (nSPS) is 15.5. The van der Waals surface area contributed by atoms with E-state index in [0.29, 0.717) is 11.5 Å². The van der Waals surface area contributed by atoms with E-state index in [1.165, 1.54) is 5.56 Å². The maximum Gasteiger partial charge on any atom is 0.254 e. The zero-order valence-corrected chi connectivity index (χ0v) is 21.7. The number of nitrogens with one attached hydrogen (secondary N) is 2. The number of carbonyl (C=O) groups is 1. The average Bonchev–Trinajstić information content (AvgIpc) is 3.18. The largest absolute Gasteiger partial charge is 0.345 e. The summed E-state index contributed by atoms with van der Waals surface area (Å²) in [5.41, 5.74) is 5.40. The summed E-state index contributed by atoms with van der Waals surface area (Å²) < 4.78 is 1.72. The molecule has 0 saturated heterocycles. The van der Waals surface area contributed by atoms with Crippen molar-refractivity contribution < 1.29 is 4.79 Å². The van der Waals surface area contributed by atoms with Gasteiger partial charge in [0.1, 0.15) is 5.82 Å². The van der Waals surface area contributed by atoms with Crippen LogP contribution in [0.2, 0.25) is 0 Å². The number of nitrogens with zero attached hydrogens (tertiary/aromatic N) is 6. The molecule has 9 heteroatoms. The zero-order chi connectivity index (χ0) is 26.0. The molecule has 1 atom stereocenters. The van der Waals surface area contributed by atoms with Crippen molar-refractivity contribution in [3.8, 4) is 11.3 Å². The van der Waals surface area contributed by atoms with E-state index in [4.69, 9.17) is 4.98 Å². The van der Waals surface area contributed by atoms with Crippen LogP contribution in [0.3, 0.4) is 0 Å². The van der Waals surface area contributed by atoms with Crippen LogP contribution in [-0.2, 0) is 18.9 Å². The van der Waals surface area contributed by atoms with E-state index in [0.717, 1.165) is 54.0 Å². The number of carbonyl (C=O) groups excluding carboxylic acids is 1. The van der Waals surface area contributed by atoms with Crippen molar-refractivity contribution in [2.45, 2.75) is 57.9 Å². The van der Waals surface area contributed by atoms with E-state index >= 15 is 0 Å². The SMILES string of the molecule is Cn1cc(Nc2nccc(-c3ccc4c(c3)CCCCC4NC(=O)c3cnc(C(C)(C)C)nc3)n2)cn1. The fourth-order valence-corrected chi connectivity index (χ4v) is 4.56. The van der Waals surface area contributed by atoms with E-state index in [2.05, 4.69) is 69.7 Å². The third kappa shape index (κ3) is 5.66. The molecule has 1 amide bonds. The first-order valence-corrected chi connectivity index (χ1v) is 12.6. The molecule has 37 heavy (non-hydrogen) atoms. The van der Waals surface area contributed by atoms with Gasteiger partial charge in [-0.2, -0.15) is 5.10 Å². The highest BCUT2D eigenvalue weighted by atomic mass is 16.1. The zero-order valence-electron chi connectivity index (χ0n) is 21.7. The summed E-state index contributed by atoms with van der Waals surface area (Å²) in [5.74, 6) is 1.09. The fourth-order valence-electron chi connectivity index (χ4n) is 4.56. The molecule has 1 unspecified atom stereocenters. The number of fused-ring (bicyclic) bond motifs is 1. The van der Waals surface area contributed by atoms with Crippen LogP contribution in [0, 0.1) is 0 Å². The molecule has 0 spiro atoms. The highest BCUT2D eigenvalue weighted by Crippen LogP contribution is 2.32. The molecule has 0 saturated carbocycles. The average molecular weight is 497 g/mol. The Hall–Kier alpha value is -4.14. The van der Waals surface area contributed by atoms with Crippen molar-refractivity contribution in [1.82, 2.24) is 35.0 Å². The predicted octanol–water partition coefficient (Wildman–Crippen LogP) is 4.91. The van der Waals surface area contributed by atoms with Gasteiger partial charge in [0.15, 0.2) is 0 Å². The summed E-state index contributed by atoms with van der Waals surface area (Å²) in [5, 5.41) is 10.6. The molecule has 0 radical (unpaired) electrons. The Morgan fingerprint density at radius 1 is 1.05 bits per heavy atom. The van der Waals surface area contributed by atoms with Gasteiger partial charge in [0.2, 0.25) is 5.95 Å². The quantitative estimate of drug-likeness (QED) is 0.378. The van der Waals surface area contributed by atoms with Crippen molar-refractivity contribution in [3.05, 3.63) is 77.8 Å². The Morgan fingerprint density at radius 2 is 1.86 bits per heavy atom. The summed E-state index contributed by atoms with van der Waals surface area (Å²) in [6, 6.07) is 8.23. The smallest absolute Gasteiger partial charge is 0.254 e. The van der Waals surface area contributed by atoms with Crippen LogP contribution in [0.15, 0.2) is 55.2 Å². The predicted molar refractivity (Wildman–Crippen MR) is 142 cm³/mol. The minimum Gasteiger partial charge on any atom is -0.345 e. The van der Waals surface area contributed by atoms with Gasteiger partial charge in [0.05, 0.1) is 29.2 Å². The number of amides is 1. The molecular formula is C28H32N8O. The number of aromatic nitrogens is 6. The number of rotatable bonds is 5. The lowest BCUT2D eigenvalue weighted by Gasteiger charge is -2.20. The maximum atomic E-state index is 13.1. The summed E-state index contributed by atoms with van der Waals surface area (Å²) in [6.45, 7) is 6.16. The Labute approximate surface area is 216 Å². The number of hydrogen-bond acceptors (Lipinski definition) is 7. The van der Waals surface area contributed by atoms with Gasteiger partial charge in [-0.1, -0.05) is 39.3 Å². The molecule has 190 valence electrons. The maximum absolute atomic E-state index is 13.1. The van der Waals surface area contributed by atoms with Crippen molar-refractivity contribution in [2.24, 2.45) is 7.05 Å². The molecule has 4 aromatic rings. The van der Waals surface area contributed by atoms with Crippen LogP contribution >= 0.6 is 0 Å². The third-order valence-electron chi connectivity index (χ3n) is 6.51. The monoisotopic (exact) mass is 496 g/mol. The van der Waals surface area contributed by atoms with Gasteiger partial charge in [0.25, 0.3) is 5.91 Å². The molecule has 9 nitrogen and oxygen atoms in total. The van der Waals surface area contributed by atoms with Gasteiger partial charge in [-0.05, 0) is 42.5 Å². The first-order valence-electron chi connectivity index (χ1n) is 12.6. The summed E-state index contributed by atoms with van der Waals surface area (Å²) in [7, 11) is 1.87. The Morgan fingerprint density at radius 3 is 2.59 bits per heavy atom. The number of hydrogen-bond donors (Lipinski definition) is 2. The van der Waals surface area contributed by atoms with Crippen LogP contribution in [0.1, 0.15) is 73.4 Å². The minimum atomic E-state index is -0.161. The molecule has 3 heterocycles. The van der Waals surface area contributed by atoms with Gasteiger partial charge >= 0.3 is 0 Å². The van der Waals surface area contributed by atoms with Gasteiger partial charge in [0, 0.05) is 42.8 Å². The number of benzene rings is 1. The molecule has 5 rings (SSSR count). The van der Waals surface area contributed by atoms with Crippen LogP contribution < -0.4 is 10.6 Å². The van der Waals surface area contributed by atoms with Gasteiger partial charge in [-0.3, -0.25) is 9.48 Å². The van der Waals surface area contributed by atoms with E-state index in [1.807, 2.05) is 19.3 Å². The number of aryl methyl sites for hydroxylation is 2. The second-order valence-corrected chi connectivity index (χ2v) is 10.5. The van der Waals surface area contributed by atoms with E-state index in [1.54, 1.807) is 29.5 Å². The van der Waals surface area contributed by atoms with E-state index < -0.39 is 0 Å². The van der Waals surface area contributed by atoms with Crippen LogP contribution in [0.25, 0.3) is 11.3 Å². The van der Waals surface area contributed by atoms with Crippen LogP contribution in [0.5, 0.6) is 0 Å². The summed E-state index contributed by atoms with van der Waals surface area (Å²) in [6.07, 6.45) is 12.6. The van der Waals surface area contributed by atoms with Crippen LogP contribution in [0.4, 0.5) is 11.6 Å². The Bertz CT molecular complexity index is 1400. The number of anilines is 2. The first-order chi connectivity index (χ1) is 17.8. The Kier molecular flexibility index (Phi) is 6.69. The standard InChI is InChI=1S/C28H32N8O/c1-28(2,3)26-30-14-20(15-31-26)25(37)34-24-8-6-5-7-18-13-19(9-10-22(18)24)23-11-12-29-27(35-23)33-21-16-32-36(4)17-21/h9-17,24H,5-8H2,1-4H3,(H,34,37)(H,29,33,35). The highest BCUT2D eigenvalue weighted by molar-refractivity contribution is 5.93.